The number of ether oxygens (including phenoxy) is 2. The summed E-state index contributed by atoms with van der Waals surface area (Å²) in [6.45, 7) is 2.05. The van der Waals surface area contributed by atoms with Crippen LogP contribution in [0, 0.1) is 0 Å². The SMILES string of the molecule is COc1ccc(Cl)cc1C(=O)OCC(=O)c1ccc(NC(C)=O)cc1NC(C)=O. The molecule has 0 unspecified atom stereocenters. The molecular weight excluding hydrogens is 400 g/mol. The van der Waals surface area contributed by atoms with Crippen LogP contribution in [0.3, 0.4) is 0 Å². The second kappa shape index (κ2) is 9.70. The Morgan fingerprint density at radius 1 is 0.931 bits per heavy atom. The first-order valence-electron chi connectivity index (χ1n) is 8.44. The lowest BCUT2D eigenvalue weighted by molar-refractivity contribution is -0.115. The number of anilines is 2. The number of ketones is 1. The molecule has 0 aliphatic heterocycles. The predicted octanol–water partition coefficient (Wildman–Crippen LogP) is 3.31. The average Bonchev–Trinajstić information content (AvgIpc) is 2.65. The zero-order valence-corrected chi connectivity index (χ0v) is 16.8. The van der Waals surface area contributed by atoms with E-state index in [4.69, 9.17) is 21.1 Å². The molecule has 152 valence electrons. The normalized spacial score (nSPS) is 10.1. The summed E-state index contributed by atoms with van der Waals surface area (Å²) in [5, 5.41) is 5.40. The van der Waals surface area contributed by atoms with Gasteiger partial charge in [0.25, 0.3) is 0 Å². The average molecular weight is 419 g/mol. The van der Waals surface area contributed by atoms with Gasteiger partial charge in [-0.05, 0) is 36.4 Å². The van der Waals surface area contributed by atoms with Crippen molar-refractivity contribution in [3.8, 4) is 5.75 Å². The van der Waals surface area contributed by atoms with Crippen LogP contribution in [0.25, 0.3) is 0 Å². The van der Waals surface area contributed by atoms with Gasteiger partial charge in [-0.3, -0.25) is 14.4 Å². The Balaban J connectivity index is 2.19. The van der Waals surface area contributed by atoms with Crippen LogP contribution in [0.4, 0.5) is 11.4 Å². The summed E-state index contributed by atoms with van der Waals surface area (Å²) in [6, 6.07) is 8.81. The van der Waals surface area contributed by atoms with Gasteiger partial charge in [0.2, 0.25) is 17.6 Å². The highest BCUT2D eigenvalue weighted by Crippen LogP contribution is 2.25. The topological polar surface area (TPSA) is 111 Å². The Morgan fingerprint density at radius 2 is 1.62 bits per heavy atom. The summed E-state index contributed by atoms with van der Waals surface area (Å²) in [6.07, 6.45) is 0. The summed E-state index contributed by atoms with van der Waals surface area (Å²) >= 11 is 5.90. The second-order valence-electron chi connectivity index (χ2n) is 5.97. The van der Waals surface area contributed by atoms with Crippen LogP contribution in [-0.2, 0) is 14.3 Å². The first-order chi connectivity index (χ1) is 13.7. The van der Waals surface area contributed by atoms with E-state index in [-0.39, 0.29) is 28.5 Å². The second-order valence-corrected chi connectivity index (χ2v) is 6.40. The molecule has 2 N–H and O–H groups in total. The number of rotatable bonds is 7. The minimum Gasteiger partial charge on any atom is -0.496 e. The largest absolute Gasteiger partial charge is 0.496 e. The zero-order chi connectivity index (χ0) is 21.6. The molecule has 8 nitrogen and oxygen atoms in total. The van der Waals surface area contributed by atoms with E-state index in [0.29, 0.717) is 10.7 Å². The number of esters is 1. The third-order valence-corrected chi connectivity index (χ3v) is 3.90. The van der Waals surface area contributed by atoms with Crippen LogP contribution in [-0.4, -0.2) is 37.3 Å². The van der Waals surface area contributed by atoms with E-state index in [1.165, 1.54) is 51.3 Å². The molecule has 0 fully saturated rings. The van der Waals surface area contributed by atoms with Gasteiger partial charge < -0.3 is 20.1 Å². The monoisotopic (exact) mass is 418 g/mol. The van der Waals surface area contributed by atoms with Crippen molar-refractivity contribution in [3.05, 3.63) is 52.5 Å². The van der Waals surface area contributed by atoms with Gasteiger partial charge in [0, 0.05) is 30.1 Å². The van der Waals surface area contributed by atoms with Gasteiger partial charge in [0.15, 0.2) is 6.61 Å². The van der Waals surface area contributed by atoms with Crippen molar-refractivity contribution in [2.24, 2.45) is 0 Å². The number of Topliss-reactive ketones (excluding diaryl/α,β-unsaturated/α-hetero) is 1. The summed E-state index contributed by atoms with van der Waals surface area (Å²) in [7, 11) is 1.39. The molecule has 0 spiro atoms. The molecule has 2 amide bonds. The highest BCUT2D eigenvalue weighted by atomic mass is 35.5. The molecule has 0 bridgehead atoms. The number of amides is 2. The zero-order valence-electron chi connectivity index (χ0n) is 16.0. The fourth-order valence-electron chi connectivity index (χ4n) is 2.49. The van der Waals surface area contributed by atoms with E-state index in [9.17, 15) is 19.2 Å². The summed E-state index contributed by atoms with van der Waals surface area (Å²) < 4.78 is 10.2. The van der Waals surface area contributed by atoms with Crippen molar-refractivity contribution < 1.29 is 28.7 Å². The van der Waals surface area contributed by atoms with Crippen molar-refractivity contribution >= 4 is 46.5 Å². The molecule has 0 heterocycles. The lowest BCUT2D eigenvalue weighted by Crippen LogP contribution is -2.18. The Labute approximate surface area is 172 Å². The molecule has 0 saturated carbocycles. The smallest absolute Gasteiger partial charge is 0.342 e. The third-order valence-electron chi connectivity index (χ3n) is 3.67. The minimum atomic E-state index is -0.784. The fraction of sp³-hybridized carbons (Fsp3) is 0.200. The van der Waals surface area contributed by atoms with Crippen molar-refractivity contribution in [1.82, 2.24) is 0 Å². The van der Waals surface area contributed by atoms with Crippen LogP contribution < -0.4 is 15.4 Å². The molecule has 0 radical (unpaired) electrons. The van der Waals surface area contributed by atoms with Gasteiger partial charge in [-0.2, -0.15) is 0 Å². The molecule has 0 aliphatic rings. The van der Waals surface area contributed by atoms with Crippen molar-refractivity contribution in [3.63, 3.8) is 0 Å². The van der Waals surface area contributed by atoms with Gasteiger partial charge in [-0.1, -0.05) is 11.6 Å². The third kappa shape index (κ3) is 6.05. The predicted molar refractivity (Wildman–Crippen MR) is 108 cm³/mol. The number of hydrogen-bond donors (Lipinski definition) is 2. The quantitative estimate of drug-likeness (QED) is 0.527. The maximum atomic E-state index is 12.6. The first kappa shape index (κ1) is 21.9. The molecule has 29 heavy (non-hydrogen) atoms. The summed E-state index contributed by atoms with van der Waals surface area (Å²) in [4.78, 5) is 47.5. The van der Waals surface area contributed by atoms with Crippen molar-refractivity contribution in [1.29, 1.82) is 0 Å². The summed E-state index contributed by atoms with van der Waals surface area (Å²) in [5.41, 5.74) is 0.791. The van der Waals surface area contributed by atoms with Crippen molar-refractivity contribution in [2.45, 2.75) is 13.8 Å². The van der Waals surface area contributed by atoms with E-state index in [0.717, 1.165) is 0 Å². The number of hydrogen-bond acceptors (Lipinski definition) is 6. The number of halogens is 1. The highest BCUT2D eigenvalue weighted by molar-refractivity contribution is 6.31. The van der Waals surface area contributed by atoms with Gasteiger partial charge in [0.05, 0.1) is 12.8 Å². The van der Waals surface area contributed by atoms with E-state index in [2.05, 4.69) is 10.6 Å². The Kier molecular flexibility index (Phi) is 7.33. The molecule has 2 aromatic carbocycles. The van der Waals surface area contributed by atoms with Crippen LogP contribution in [0.2, 0.25) is 5.02 Å². The summed E-state index contributed by atoms with van der Waals surface area (Å²) in [5.74, 6) is -1.78. The first-order valence-corrected chi connectivity index (χ1v) is 8.82. The lowest BCUT2D eigenvalue weighted by atomic mass is 10.1. The number of nitrogens with one attached hydrogen (secondary N) is 2. The van der Waals surface area contributed by atoms with Gasteiger partial charge >= 0.3 is 5.97 Å². The number of methoxy groups -OCH3 is 1. The Morgan fingerprint density at radius 3 is 2.24 bits per heavy atom. The standard InChI is InChI=1S/C20H19ClN2O6/c1-11(24)22-14-5-6-15(17(9-14)23-12(2)25)18(26)10-29-20(27)16-8-13(21)4-7-19(16)28-3/h4-9H,10H2,1-3H3,(H,22,24)(H,23,25). The lowest BCUT2D eigenvalue weighted by Gasteiger charge is -2.13. The van der Waals surface area contributed by atoms with Crippen molar-refractivity contribution in [2.75, 3.05) is 24.4 Å². The van der Waals surface area contributed by atoms with E-state index >= 15 is 0 Å². The van der Waals surface area contributed by atoms with E-state index in [1.807, 2.05) is 0 Å². The van der Waals surface area contributed by atoms with Crippen LogP contribution in [0.1, 0.15) is 34.6 Å². The molecule has 0 aliphatic carbocycles. The number of carbonyl (C=O) groups is 4. The van der Waals surface area contributed by atoms with Crippen LogP contribution in [0.15, 0.2) is 36.4 Å². The minimum absolute atomic E-state index is 0.0795. The number of benzene rings is 2. The van der Waals surface area contributed by atoms with Crippen LogP contribution >= 0.6 is 11.6 Å². The van der Waals surface area contributed by atoms with Gasteiger partial charge in [-0.15, -0.1) is 0 Å². The molecule has 9 heteroatoms. The van der Waals surface area contributed by atoms with E-state index < -0.39 is 24.3 Å². The highest BCUT2D eigenvalue weighted by Gasteiger charge is 2.19. The fourth-order valence-corrected chi connectivity index (χ4v) is 2.66. The molecule has 2 aromatic rings. The maximum Gasteiger partial charge on any atom is 0.342 e. The van der Waals surface area contributed by atoms with E-state index in [1.54, 1.807) is 6.07 Å². The molecule has 2 rings (SSSR count). The van der Waals surface area contributed by atoms with Gasteiger partial charge in [-0.25, -0.2) is 4.79 Å². The Bertz CT molecular complexity index is 973. The molecular formula is C20H19ClN2O6. The van der Waals surface area contributed by atoms with Gasteiger partial charge in [0.1, 0.15) is 11.3 Å². The molecule has 0 saturated heterocycles. The molecule has 0 atom stereocenters. The number of carbonyl (C=O) groups excluding carboxylic acids is 4. The molecule has 0 aromatic heterocycles. The van der Waals surface area contributed by atoms with Crippen LogP contribution in [0.5, 0.6) is 5.75 Å². The maximum absolute atomic E-state index is 12.6. The Hall–Kier alpha value is -3.39.